The first-order valence-corrected chi connectivity index (χ1v) is 5.48. The molecule has 19 heavy (non-hydrogen) atoms. The van der Waals surface area contributed by atoms with E-state index in [1.54, 1.807) is 6.92 Å². The van der Waals surface area contributed by atoms with Crippen LogP contribution in [0.5, 0.6) is 5.75 Å². The van der Waals surface area contributed by atoms with Crippen molar-refractivity contribution in [1.82, 2.24) is 4.57 Å². The highest BCUT2D eigenvalue weighted by Crippen LogP contribution is 2.21. The molecule has 1 aromatic heterocycles. The molecule has 1 N–H and O–H groups in total. The zero-order valence-electron chi connectivity index (χ0n) is 10.2. The number of carbonyl (C=O) groups is 1. The maximum absolute atomic E-state index is 12.0. The van der Waals surface area contributed by atoms with Gasteiger partial charge in [-0.15, -0.1) is 13.2 Å². The molecule has 0 unspecified atom stereocenters. The van der Waals surface area contributed by atoms with Crippen LogP contribution in [0.15, 0.2) is 18.3 Å². The maximum atomic E-state index is 12.0. The molecule has 0 amide bonds. The summed E-state index contributed by atoms with van der Waals surface area (Å²) in [5.41, 5.74) is -0.0289. The normalized spacial score (nSPS) is 11.2. The van der Waals surface area contributed by atoms with Gasteiger partial charge in [0.05, 0.1) is 13.0 Å². The second-order valence-corrected chi connectivity index (χ2v) is 3.55. The number of aromatic nitrogens is 1. The summed E-state index contributed by atoms with van der Waals surface area (Å²) in [5, 5.41) is 7.52. The number of alkyl halides is 3. The Balaban J connectivity index is 2.75. The smallest absolute Gasteiger partial charge is 0.466 e. The van der Waals surface area contributed by atoms with Gasteiger partial charge in [0, 0.05) is 12.7 Å². The summed E-state index contributed by atoms with van der Waals surface area (Å²) in [6.07, 6.45) is -3.79. The first kappa shape index (κ1) is 15.1. The molecule has 0 fully saturated rings. The molecule has 8 heteroatoms. The summed E-state index contributed by atoms with van der Waals surface area (Å²) in [6, 6.07) is 2.20. The van der Waals surface area contributed by atoms with Crippen molar-refractivity contribution in [1.29, 1.82) is 5.41 Å². The summed E-state index contributed by atoms with van der Waals surface area (Å²) >= 11 is 0. The molecule has 0 radical (unpaired) electrons. The van der Waals surface area contributed by atoms with Gasteiger partial charge in [0.2, 0.25) is 0 Å². The van der Waals surface area contributed by atoms with Crippen molar-refractivity contribution in [3.8, 4) is 5.75 Å². The van der Waals surface area contributed by atoms with E-state index in [0.717, 1.165) is 18.3 Å². The summed E-state index contributed by atoms with van der Waals surface area (Å²) in [4.78, 5) is 11.1. The van der Waals surface area contributed by atoms with E-state index >= 15 is 0 Å². The molecule has 106 valence electrons. The van der Waals surface area contributed by atoms with Crippen LogP contribution in [0.2, 0.25) is 0 Å². The summed E-state index contributed by atoms with van der Waals surface area (Å²) < 4.78 is 45.7. The topological polar surface area (TPSA) is 64.3 Å². The lowest BCUT2D eigenvalue weighted by Gasteiger charge is -2.12. The number of halogens is 3. The average molecular weight is 278 g/mol. The van der Waals surface area contributed by atoms with Gasteiger partial charge in [0.15, 0.2) is 0 Å². The Morgan fingerprint density at radius 1 is 1.42 bits per heavy atom. The van der Waals surface area contributed by atoms with E-state index in [1.165, 1.54) is 4.57 Å². The number of esters is 1. The lowest BCUT2D eigenvalue weighted by Crippen LogP contribution is -2.23. The molecule has 0 spiro atoms. The highest BCUT2D eigenvalue weighted by molar-refractivity contribution is 5.69. The second kappa shape index (κ2) is 6.26. The van der Waals surface area contributed by atoms with Crippen LogP contribution in [0, 0.1) is 5.41 Å². The van der Waals surface area contributed by atoms with Crippen LogP contribution in [-0.2, 0) is 16.1 Å². The molecule has 0 aliphatic rings. The van der Waals surface area contributed by atoms with Crippen LogP contribution >= 0.6 is 0 Å². The van der Waals surface area contributed by atoms with Crippen molar-refractivity contribution in [3.63, 3.8) is 0 Å². The number of hydrogen-bond acceptors (Lipinski definition) is 4. The zero-order chi connectivity index (χ0) is 14.5. The van der Waals surface area contributed by atoms with Crippen LogP contribution < -0.4 is 10.2 Å². The monoisotopic (exact) mass is 278 g/mol. The van der Waals surface area contributed by atoms with Gasteiger partial charge in [-0.1, -0.05) is 0 Å². The van der Waals surface area contributed by atoms with Gasteiger partial charge in [-0.05, 0) is 19.1 Å². The molecule has 0 saturated heterocycles. The van der Waals surface area contributed by atoms with Crippen molar-refractivity contribution in [2.24, 2.45) is 0 Å². The SMILES string of the molecule is CCOC(=O)CCn1cc(OC(F)(F)F)ccc1=N. The van der Waals surface area contributed by atoms with Crippen LogP contribution in [0.3, 0.4) is 0 Å². The largest absolute Gasteiger partial charge is 0.573 e. The van der Waals surface area contributed by atoms with Crippen molar-refractivity contribution >= 4 is 5.97 Å². The standard InChI is InChI=1S/C11H13F3N2O3/c1-2-18-10(17)5-6-16-7-8(3-4-9(16)15)19-11(12,13)14/h3-4,7,15H,2,5-6H2,1H3. The summed E-state index contributed by atoms with van der Waals surface area (Å²) in [6.45, 7) is 1.93. The molecule has 0 atom stereocenters. The van der Waals surface area contributed by atoms with Crippen LogP contribution in [0.1, 0.15) is 13.3 Å². The Hall–Kier alpha value is -1.99. The number of pyridine rings is 1. The predicted molar refractivity (Wildman–Crippen MR) is 58.2 cm³/mol. The first-order valence-electron chi connectivity index (χ1n) is 5.48. The molecule has 0 bridgehead atoms. The molecule has 1 heterocycles. The third-order valence-electron chi connectivity index (χ3n) is 2.09. The fourth-order valence-corrected chi connectivity index (χ4v) is 1.35. The van der Waals surface area contributed by atoms with E-state index in [1.807, 2.05) is 0 Å². The van der Waals surface area contributed by atoms with Gasteiger partial charge in [-0.2, -0.15) is 0 Å². The fourth-order valence-electron chi connectivity index (χ4n) is 1.35. The van der Waals surface area contributed by atoms with E-state index in [2.05, 4.69) is 9.47 Å². The third-order valence-corrected chi connectivity index (χ3v) is 2.09. The minimum Gasteiger partial charge on any atom is -0.466 e. The minimum atomic E-state index is -4.79. The highest BCUT2D eigenvalue weighted by atomic mass is 19.4. The zero-order valence-corrected chi connectivity index (χ0v) is 10.2. The molecule has 5 nitrogen and oxygen atoms in total. The van der Waals surface area contributed by atoms with Gasteiger partial charge in [0.1, 0.15) is 11.2 Å². The molecule has 0 aliphatic heterocycles. The van der Waals surface area contributed by atoms with Gasteiger partial charge >= 0.3 is 12.3 Å². The van der Waals surface area contributed by atoms with E-state index in [9.17, 15) is 18.0 Å². The van der Waals surface area contributed by atoms with Crippen LogP contribution in [0.25, 0.3) is 0 Å². The Morgan fingerprint density at radius 3 is 2.68 bits per heavy atom. The van der Waals surface area contributed by atoms with Crippen molar-refractivity contribution in [2.75, 3.05) is 6.61 Å². The van der Waals surface area contributed by atoms with Gasteiger partial charge in [-0.3, -0.25) is 10.2 Å². The lowest BCUT2D eigenvalue weighted by molar-refractivity contribution is -0.274. The molecular formula is C11H13F3N2O3. The Bertz CT molecular complexity index is 497. The number of ether oxygens (including phenoxy) is 2. The molecule has 0 aliphatic carbocycles. The Kier molecular flexibility index (Phi) is 4.96. The number of nitrogens with zero attached hydrogens (tertiary/aromatic N) is 1. The molecular weight excluding hydrogens is 265 g/mol. The average Bonchev–Trinajstić information content (AvgIpc) is 2.28. The molecule has 0 aromatic carbocycles. The maximum Gasteiger partial charge on any atom is 0.573 e. The number of aryl methyl sites for hydroxylation is 1. The fraction of sp³-hybridized carbons (Fsp3) is 0.455. The summed E-state index contributed by atoms with van der Waals surface area (Å²) in [7, 11) is 0. The van der Waals surface area contributed by atoms with Crippen molar-refractivity contribution in [2.45, 2.75) is 26.3 Å². The van der Waals surface area contributed by atoms with E-state index in [4.69, 9.17) is 5.41 Å². The van der Waals surface area contributed by atoms with Crippen molar-refractivity contribution in [3.05, 3.63) is 23.8 Å². The molecule has 0 saturated carbocycles. The van der Waals surface area contributed by atoms with E-state index in [0.29, 0.717) is 0 Å². The first-order chi connectivity index (χ1) is 8.81. The van der Waals surface area contributed by atoms with E-state index < -0.39 is 18.1 Å². The predicted octanol–water partition coefficient (Wildman–Crippen LogP) is 1.82. The van der Waals surface area contributed by atoms with Crippen LogP contribution in [-0.4, -0.2) is 23.5 Å². The van der Waals surface area contributed by atoms with Crippen LogP contribution in [0.4, 0.5) is 13.2 Å². The Labute approximate surface area is 107 Å². The number of nitrogens with one attached hydrogen (secondary N) is 1. The Morgan fingerprint density at radius 2 is 2.11 bits per heavy atom. The number of rotatable bonds is 5. The highest BCUT2D eigenvalue weighted by Gasteiger charge is 2.31. The summed E-state index contributed by atoms with van der Waals surface area (Å²) in [5.74, 6) is -0.913. The molecule has 1 aromatic rings. The lowest BCUT2D eigenvalue weighted by atomic mass is 10.4. The van der Waals surface area contributed by atoms with Gasteiger partial charge in [-0.25, -0.2) is 0 Å². The number of carbonyl (C=O) groups excluding carboxylic acids is 1. The minimum absolute atomic E-state index is 0.0279. The third kappa shape index (κ3) is 5.45. The molecule has 1 rings (SSSR count). The second-order valence-electron chi connectivity index (χ2n) is 3.55. The number of hydrogen-bond donors (Lipinski definition) is 1. The van der Waals surface area contributed by atoms with Crippen molar-refractivity contribution < 1.29 is 27.4 Å². The van der Waals surface area contributed by atoms with Gasteiger partial charge < -0.3 is 14.0 Å². The van der Waals surface area contributed by atoms with E-state index in [-0.39, 0.29) is 25.1 Å². The van der Waals surface area contributed by atoms with Gasteiger partial charge in [0.25, 0.3) is 0 Å². The quantitative estimate of drug-likeness (QED) is 0.835.